The minimum Gasteiger partial charge on any atom is -0.486 e. The summed E-state index contributed by atoms with van der Waals surface area (Å²) >= 11 is 0. The second kappa shape index (κ2) is 11.2. The highest BCUT2D eigenvalue weighted by molar-refractivity contribution is 6.39. The van der Waals surface area contributed by atoms with Crippen LogP contribution < -0.4 is 15.4 Å². The van der Waals surface area contributed by atoms with Gasteiger partial charge in [0.25, 0.3) is 0 Å². The summed E-state index contributed by atoms with van der Waals surface area (Å²) in [5.74, 6) is -2.27. The molecule has 29 heavy (non-hydrogen) atoms. The molecule has 2 rings (SSSR count). The first-order chi connectivity index (χ1) is 14.0. The average molecular weight is 394 g/mol. The van der Waals surface area contributed by atoms with Crippen molar-refractivity contribution in [2.75, 3.05) is 11.9 Å². The van der Waals surface area contributed by atoms with E-state index < -0.39 is 17.6 Å². The molecule has 6 heteroatoms. The molecule has 0 fully saturated rings. The number of halogens is 1. The van der Waals surface area contributed by atoms with E-state index >= 15 is 0 Å². The predicted octanol–water partition coefficient (Wildman–Crippen LogP) is 4.15. The molecule has 0 aliphatic rings. The lowest BCUT2D eigenvalue weighted by Crippen LogP contribution is -2.36. The number of rotatable bonds is 9. The molecule has 0 unspecified atom stereocenters. The highest BCUT2D eigenvalue weighted by Gasteiger charge is 2.14. The van der Waals surface area contributed by atoms with Gasteiger partial charge in [0.15, 0.2) is 11.6 Å². The van der Waals surface area contributed by atoms with Crippen LogP contribution in [0.5, 0.6) is 5.75 Å². The summed E-state index contributed by atoms with van der Waals surface area (Å²) in [6, 6.07) is 13.3. The van der Waals surface area contributed by atoms with Gasteiger partial charge in [0, 0.05) is 18.3 Å². The molecular formula is C23H23FN2O3. The van der Waals surface area contributed by atoms with E-state index in [2.05, 4.69) is 23.8 Å². The van der Waals surface area contributed by atoms with Crippen molar-refractivity contribution >= 4 is 17.5 Å². The Morgan fingerprint density at radius 3 is 2.55 bits per heavy atom. The fraction of sp³-hybridized carbons (Fsp3) is 0.130. The van der Waals surface area contributed by atoms with Crippen LogP contribution in [0.4, 0.5) is 10.1 Å². The van der Waals surface area contributed by atoms with E-state index in [4.69, 9.17) is 4.74 Å². The van der Waals surface area contributed by atoms with E-state index in [0.717, 1.165) is 17.2 Å². The largest absolute Gasteiger partial charge is 0.486 e. The smallest absolute Gasteiger partial charge is 0.313 e. The zero-order valence-corrected chi connectivity index (χ0v) is 16.0. The summed E-state index contributed by atoms with van der Waals surface area (Å²) in [7, 11) is 0. The summed E-state index contributed by atoms with van der Waals surface area (Å²) in [5.41, 5.74) is 1.86. The molecule has 0 aliphatic carbocycles. The van der Waals surface area contributed by atoms with Gasteiger partial charge in [-0.1, -0.05) is 67.3 Å². The van der Waals surface area contributed by atoms with Crippen molar-refractivity contribution in [2.24, 2.45) is 0 Å². The Balaban J connectivity index is 1.82. The third kappa shape index (κ3) is 7.46. The molecular weight excluding hydrogens is 371 g/mol. The predicted molar refractivity (Wildman–Crippen MR) is 112 cm³/mol. The number of nitrogens with one attached hydrogen (secondary N) is 2. The topological polar surface area (TPSA) is 67.4 Å². The summed E-state index contributed by atoms with van der Waals surface area (Å²) in [4.78, 5) is 23.8. The third-order valence-electron chi connectivity index (χ3n) is 3.83. The van der Waals surface area contributed by atoms with Crippen LogP contribution in [-0.2, 0) is 16.2 Å². The van der Waals surface area contributed by atoms with Gasteiger partial charge in [0.05, 0.1) is 0 Å². The number of ether oxygens (including phenoxy) is 1. The number of anilines is 1. The Morgan fingerprint density at radius 2 is 1.86 bits per heavy atom. The zero-order chi connectivity index (χ0) is 21.1. The van der Waals surface area contributed by atoms with Gasteiger partial charge in [-0.25, -0.2) is 4.39 Å². The van der Waals surface area contributed by atoms with Gasteiger partial charge in [0.2, 0.25) is 0 Å². The first kappa shape index (κ1) is 21.6. The molecule has 0 radical (unpaired) electrons. The molecule has 0 aromatic heterocycles. The molecule has 0 aliphatic heterocycles. The van der Waals surface area contributed by atoms with Gasteiger partial charge < -0.3 is 15.4 Å². The van der Waals surface area contributed by atoms with Gasteiger partial charge in [-0.05, 0) is 24.1 Å². The van der Waals surface area contributed by atoms with Crippen LogP contribution in [0.2, 0.25) is 0 Å². The molecule has 0 spiro atoms. The number of carbonyl (C=O) groups is 2. The highest BCUT2D eigenvalue weighted by Crippen LogP contribution is 2.22. The summed E-state index contributed by atoms with van der Waals surface area (Å²) in [6.45, 7) is 7.85. The standard InChI is InChI=1S/C23H23FN2O3/c1-3-4-8-17(2)13-14-25-22(27)23(28)26-19-11-12-21(20(24)15-19)29-16-18-9-6-5-7-10-18/h3-12,15H,1-2,13-14,16H2,(H,25,27)(H,26,28)/b8-4-. The summed E-state index contributed by atoms with van der Waals surface area (Å²) < 4.78 is 19.6. The molecule has 0 atom stereocenters. The fourth-order valence-corrected chi connectivity index (χ4v) is 2.32. The Morgan fingerprint density at radius 1 is 1.10 bits per heavy atom. The van der Waals surface area contributed by atoms with Crippen molar-refractivity contribution < 1.29 is 18.7 Å². The average Bonchev–Trinajstić information content (AvgIpc) is 2.72. The van der Waals surface area contributed by atoms with Crippen molar-refractivity contribution in [1.82, 2.24) is 5.32 Å². The van der Waals surface area contributed by atoms with E-state index in [0.29, 0.717) is 6.42 Å². The van der Waals surface area contributed by atoms with Crippen molar-refractivity contribution in [3.05, 3.63) is 96.9 Å². The van der Waals surface area contributed by atoms with Crippen LogP contribution >= 0.6 is 0 Å². The maximum absolute atomic E-state index is 14.2. The summed E-state index contributed by atoms with van der Waals surface area (Å²) in [5, 5.41) is 4.84. The minimum absolute atomic E-state index is 0.0578. The van der Waals surface area contributed by atoms with Crippen LogP contribution in [0.25, 0.3) is 0 Å². The first-order valence-electron chi connectivity index (χ1n) is 9.02. The molecule has 0 heterocycles. The molecule has 2 aromatic rings. The first-order valence-corrected chi connectivity index (χ1v) is 9.02. The number of hydrogen-bond acceptors (Lipinski definition) is 3. The quantitative estimate of drug-likeness (QED) is 0.496. The Labute approximate surface area is 169 Å². The van der Waals surface area contributed by atoms with Crippen LogP contribution in [-0.4, -0.2) is 18.4 Å². The van der Waals surface area contributed by atoms with E-state index in [1.54, 1.807) is 18.2 Å². The van der Waals surface area contributed by atoms with Gasteiger partial charge >= 0.3 is 11.8 Å². The van der Waals surface area contributed by atoms with E-state index in [1.807, 2.05) is 30.3 Å². The van der Waals surface area contributed by atoms with Gasteiger partial charge in [0.1, 0.15) is 6.61 Å². The van der Waals surface area contributed by atoms with Crippen molar-refractivity contribution in [1.29, 1.82) is 0 Å². The zero-order valence-electron chi connectivity index (χ0n) is 16.0. The van der Waals surface area contributed by atoms with Gasteiger partial charge in [-0.2, -0.15) is 0 Å². The fourth-order valence-electron chi connectivity index (χ4n) is 2.32. The normalized spacial score (nSPS) is 10.4. The lowest BCUT2D eigenvalue weighted by Gasteiger charge is -2.10. The van der Waals surface area contributed by atoms with Gasteiger partial charge in [-0.15, -0.1) is 0 Å². The number of benzene rings is 2. The molecule has 5 nitrogen and oxygen atoms in total. The number of amides is 2. The lowest BCUT2D eigenvalue weighted by molar-refractivity contribution is -0.136. The van der Waals surface area contributed by atoms with E-state index in [1.165, 1.54) is 12.1 Å². The number of allylic oxidation sites excluding steroid dienone is 3. The second-order valence-electron chi connectivity index (χ2n) is 6.13. The molecule has 0 bridgehead atoms. The summed E-state index contributed by atoms with van der Waals surface area (Å²) in [6.07, 6.45) is 5.61. The second-order valence-corrected chi connectivity index (χ2v) is 6.13. The molecule has 2 N–H and O–H groups in total. The number of hydrogen-bond donors (Lipinski definition) is 2. The molecule has 2 amide bonds. The van der Waals surface area contributed by atoms with Crippen LogP contribution in [0, 0.1) is 5.82 Å². The van der Waals surface area contributed by atoms with Gasteiger partial charge in [-0.3, -0.25) is 9.59 Å². The maximum atomic E-state index is 14.2. The Bertz CT molecular complexity index is 908. The van der Waals surface area contributed by atoms with Crippen LogP contribution in [0.1, 0.15) is 12.0 Å². The maximum Gasteiger partial charge on any atom is 0.313 e. The molecule has 2 aromatic carbocycles. The molecule has 150 valence electrons. The highest BCUT2D eigenvalue weighted by atomic mass is 19.1. The van der Waals surface area contributed by atoms with Crippen molar-refractivity contribution in [3.8, 4) is 5.75 Å². The minimum atomic E-state index is -0.880. The SMILES string of the molecule is C=C/C=C\C(=C)CCNC(=O)C(=O)Nc1ccc(OCc2ccccc2)c(F)c1. The van der Waals surface area contributed by atoms with E-state index in [-0.39, 0.29) is 24.6 Å². The third-order valence-corrected chi connectivity index (χ3v) is 3.83. The van der Waals surface area contributed by atoms with E-state index in [9.17, 15) is 14.0 Å². The Kier molecular flexibility index (Phi) is 8.38. The Hall–Kier alpha value is -3.67. The van der Waals surface area contributed by atoms with Crippen LogP contribution in [0.15, 0.2) is 85.5 Å². The van der Waals surface area contributed by atoms with Crippen LogP contribution in [0.3, 0.4) is 0 Å². The molecule has 0 saturated carbocycles. The number of carbonyl (C=O) groups excluding carboxylic acids is 2. The monoisotopic (exact) mass is 394 g/mol. The molecule has 0 saturated heterocycles. The van der Waals surface area contributed by atoms with Crippen molar-refractivity contribution in [3.63, 3.8) is 0 Å². The van der Waals surface area contributed by atoms with Crippen molar-refractivity contribution in [2.45, 2.75) is 13.0 Å². The lowest BCUT2D eigenvalue weighted by atomic mass is 10.2.